The van der Waals surface area contributed by atoms with Gasteiger partial charge in [0.1, 0.15) is 11.2 Å². The summed E-state index contributed by atoms with van der Waals surface area (Å²) in [5, 5.41) is 9.43. The summed E-state index contributed by atoms with van der Waals surface area (Å²) in [6.07, 6.45) is 0. The lowest BCUT2D eigenvalue weighted by atomic mass is 9.91. The molecule has 7 rings (SSSR count). The van der Waals surface area contributed by atoms with Crippen LogP contribution in [-0.2, 0) is 0 Å². The second kappa shape index (κ2) is 6.05. The van der Waals surface area contributed by atoms with Gasteiger partial charge in [-0.3, -0.25) is 0 Å². The van der Waals surface area contributed by atoms with Crippen LogP contribution in [0.25, 0.3) is 65.0 Å². The average molecular weight is 414 g/mol. The van der Waals surface area contributed by atoms with Crippen molar-refractivity contribution >= 4 is 65.0 Å². The normalized spacial score (nSPS) is 12.0. The number of fused-ring (bicyclic) bond motifs is 11. The van der Waals surface area contributed by atoms with Gasteiger partial charge in [-0.15, -0.1) is 0 Å². The molecule has 2 heterocycles. The van der Waals surface area contributed by atoms with Crippen LogP contribution in [0.4, 0.5) is 0 Å². The number of rotatable bonds is 0. The second-order valence-electron chi connectivity index (χ2n) is 8.07. The van der Waals surface area contributed by atoms with E-state index in [-0.39, 0.29) is 11.3 Å². The molecule has 32 heavy (non-hydrogen) atoms. The van der Waals surface area contributed by atoms with Crippen molar-refractivity contribution in [3.8, 4) is 0 Å². The Morgan fingerprint density at radius 2 is 0.625 bits per heavy atom. The molecular weight excluding hydrogens is 400 g/mol. The summed E-state index contributed by atoms with van der Waals surface area (Å²) in [5.41, 5.74) is 0.352. The Bertz CT molecular complexity index is 1860. The summed E-state index contributed by atoms with van der Waals surface area (Å²) in [6, 6.07) is 26.8. The van der Waals surface area contributed by atoms with Gasteiger partial charge >= 0.3 is 11.3 Å². The molecular formula is C28H14O4. The first-order valence-corrected chi connectivity index (χ1v) is 10.3. The van der Waals surface area contributed by atoms with Gasteiger partial charge in [0.15, 0.2) is 0 Å². The average Bonchev–Trinajstić information content (AvgIpc) is 2.82. The van der Waals surface area contributed by atoms with Gasteiger partial charge in [0.2, 0.25) is 0 Å². The highest BCUT2D eigenvalue weighted by molar-refractivity contribution is 6.33. The lowest BCUT2D eigenvalue weighted by Crippen LogP contribution is -1.96. The summed E-state index contributed by atoms with van der Waals surface area (Å²) in [5.74, 6) is 0. The van der Waals surface area contributed by atoms with Crippen molar-refractivity contribution in [1.82, 2.24) is 0 Å². The van der Waals surface area contributed by atoms with Crippen molar-refractivity contribution in [2.24, 2.45) is 0 Å². The zero-order chi connectivity index (χ0) is 21.4. The first-order chi connectivity index (χ1) is 15.7. The number of hydrogen-bond acceptors (Lipinski definition) is 4. The highest BCUT2D eigenvalue weighted by Gasteiger charge is 2.15. The van der Waals surface area contributed by atoms with E-state index in [1.807, 2.05) is 36.4 Å². The monoisotopic (exact) mass is 414 g/mol. The SMILES string of the molecule is O=c1ccc2ccc3ccc4ccc5ccc6ccc7ccc(=O)oc7c6c5c4c3c2o1. The van der Waals surface area contributed by atoms with Crippen LogP contribution < -0.4 is 11.3 Å². The molecule has 0 N–H and O–H groups in total. The highest BCUT2D eigenvalue weighted by atomic mass is 16.4. The van der Waals surface area contributed by atoms with Gasteiger partial charge in [0.25, 0.3) is 0 Å². The molecule has 0 aliphatic carbocycles. The van der Waals surface area contributed by atoms with Crippen LogP contribution in [0.2, 0.25) is 0 Å². The molecule has 2 aromatic heterocycles. The van der Waals surface area contributed by atoms with E-state index in [9.17, 15) is 9.59 Å². The van der Waals surface area contributed by atoms with Crippen molar-refractivity contribution in [3.63, 3.8) is 0 Å². The Hall–Kier alpha value is -4.44. The third-order valence-corrected chi connectivity index (χ3v) is 6.30. The second-order valence-corrected chi connectivity index (χ2v) is 8.07. The molecule has 0 unspecified atom stereocenters. The van der Waals surface area contributed by atoms with Crippen molar-refractivity contribution in [2.45, 2.75) is 0 Å². The van der Waals surface area contributed by atoms with Crippen LogP contribution in [0.15, 0.2) is 103 Å². The Kier molecular flexibility index (Phi) is 3.26. The van der Waals surface area contributed by atoms with E-state index in [0.717, 1.165) is 53.9 Å². The molecule has 0 aliphatic heterocycles. The predicted molar refractivity (Wildman–Crippen MR) is 129 cm³/mol. The molecule has 0 fully saturated rings. The lowest BCUT2D eigenvalue weighted by molar-refractivity contribution is 0.564. The van der Waals surface area contributed by atoms with Crippen LogP contribution in [0.3, 0.4) is 0 Å². The van der Waals surface area contributed by atoms with E-state index in [0.29, 0.717) is 11.2 Å². The molecule has 150 valence electrons. The van der Waals surface area contributed by atoms with Gasteiger partial charge in [-0.2, -0.15) is 0 Å². The Morgan fingerprint density at radius 3 is 1.00 bits per heavy atom. The molecule has 0 amide bonds. The van der Waals surface area contributed by atoms with Crippen molar-refractivity contribution in [1.29, 1.82) is 0 Å². The molecule has 0 saturated carbocycles. The maximum Gasteiger partial charge on any atom is 0.336 e. The van der Waals surface area contributed by atoms with E-state index in [2.05, 4.69) is 24.3 Å². The quantitative estimate of drug-likeness (QED) is 0.210. The Morgan fingerprint density at radius 1 is 0.344 bits per heavy atom. The lowest BCUT2D eigenvalue weighted by Gasteiger charge is -2.13. The smallest absolute Gasteiger partial charge is 0.336 e. The third-order valence-electron chi connectivity index (χ3n) is 6.30. The molecule has 0 spiro atoms. The van der Waals surface area contributed by atoms with Gasteiger partial charge in [-0.25, -0.2) is 9.59 Å². The standard InChI is InChI=1S/C28H14O4/c29-21-13-11-19-9-7-17-5-3-15-1-2-16-4-6-18-8-10-20-12-14-22(30)32-28(20)26(18)24(16)23(15)25(17)27(19)31-21/h1-14H. The zero-order valence-corrected chi connectivity index (χ0v) is 16.7. The Labute approximate surface area is 179 Å². The fraction of sp³-hybridized carbons (Fsp3) is 0. The minimum Gasteiger partial charge on any atom is -0.422 e. The largest absolute Gasteiger partial charge is 0.422 e. The van der Waals surface area contributed by atoms with Crippen molar-refractivity contribution < 1.29 is 8.83 Å². The van der Waals surface area contributed by atoms with E-state index < -0.39 is 0 Å². The summed E-state index contributed by atoms with van der Waals surface area (Å²) in [6.45, 7) is 0. The van der Waals surface area contributed by atoms with Crippen molar-refractivity contribution in [2.75, 3.05) is 0 Å². The molecule has 7 aromatic rings. The third kappa shape index (κ3) is 2.26. The molecule has 5 aromatic carbocycles. The minimum absolute atomic E-state index is 0.386. The topological polar surface area (TPSA) is 60.4 Å². The maximum absolute atomic E-state index is 12.1. The van der Waals surface area contributed by atoms with Crippen molar-refractivity contribution in [3.05, 3.63) is 106 Å². The summed E-state index contributed by atoms with van der Waals surface area (Å²) in [7, 11) is 0. The van der Waals surface area contributed by atoms with E-state index >= 15 is 0 Å². The van der Waals surface area contributed by atoms with E-state index in [1.165, 1.54) is 12.1 Å². The molecule has 4 nitrogen and oxygen atoms in total. The predicted octanol–water partition coefficient (Wildman–Crippen LogP) is 6.51. The molecule has 0 radical (unpaired) electrons. The maximum atomic E-state index is 12.1. The van der Waals surface area contributed by atoms with Gasteiger partial charge in [0, 0.05) is 44.5 Å². The van der Waals surface area contributed by atoms with Crippen LogP contribution in [-0.4, -0.2) is 0 Å². The molecule has 0 atom stereocenters. The van der Waals surface area contributed by atoms with Crippen LogP contribution in [0, 0.1) is 0 Å². The van der Waals surface area contributed by atoms with Gasteiger partial charge in [-0.1, -0.05) is 60.7 Å². The Balaban J connectivity index is 1.90. The van der Waals surface area contributed by atoms with Gasteiger partial charge < -0.3 is 8.83 Å². The highest BCUT2D eigenvalue weighted by Crippen LogP contribution is 2.40. The summed E-state index contributed by atoms with van der Waals surface area (Å²) >= 11 is 0. The van der Waals surface area contributed by atoms with Gasteiger partial charge in [0.05, 0.1) is 0 Å². The first-order valence-electron chi connectivity index (χ1n) is 10.3. The first kappa shape index (κ1) is 17.3. The van der Waals surface area contributed by atoms with E-state index in [1.54, 1.807) is 12.1 Å². The van der Waals surface area contributed by atoms with Crippen LogP contribution >= 0.6 is 0 Å². The fourth-order valence-corrected chi connectivity index (χ4v) is 4.90. The fourth-order valence-electron chi connectivity index (χ4n) is 4.90. The zero-order valence-electron chi connectivity index (χ0n) is 16.7. The molecule has 0 bridgehead atoms. The number of benzene rings is 5. The van der Waals surface area contributed by atoms with Crippen LogP contribution in [0.1, 0.15) is 0 Å². The number of hydrogen-bond donors (Lipinski definition) is 0. The molecule has 0 aliphatic rings. The van der Waals surface area contributed by atoms with E-state index in [4.69, 9.17) is 8.83 Å². The summed E-state index contributed by atoms with van der Waals surface area (Å²) in [4.78, 5) is 24.3. The molecule has 0 saturated heterocycles. The minimum atomic E-state index is -0.386. The van der Waals surface area contributed by atoms with Crippen LogP contribution in [0.5, 0.6) is 0 Å². The molecule has 4 heteroatoms. The van der Waals surface area contributed by atoms with Gasteiger partial charge in [-0.05, 0) is 33.7 Å². The summed E-state index contributed by atoms with van der Waals surface area (Å²) < 4.78 is 11.4.